The summed E-state index contributed by atoms with van der Waals surface area (Å²) in [5.41, 5.74) is -0.212. The van der Waals surface area contributed by atoms with Crippen LogP contribution in [0.5, 0.6) is 0 Å². The van der Waals surface area contributed by atoms with E-state index in [1.165, 1.54) is 17.0 Å². The number of alkyl halides is 3. The summed E-state index contributed by atoms with van der Waals surface area (Å²) in [6.07, 6.45) is -2.90. The Morgan fingerprint density at radius 2 is 2.00 bits per heavy atom. The number of carbonyl (C=O) groups is 1. The molecule has 0 aromatic heterocycles. The van der Waals surface area contributed by atoms with E-state index in [0.717, 1.165) is 18.6 Å². The first-order valence-corrected chi connectivity index (χ1v) is 6.27. The predicted molar refractivity (Wildman–Crippen MR) is 65.5 cm³/mol. The average molecular weight is 282 g/mol. The van der Waals surface area contributed by atoms with E-state index in [4.69, 9.17) is 5.26 Å². The summed E-state index contributed by atoms with van der Waals surface area (Å²) in [6, 6.07) is 6.20. The van der Waals surface area contributed by atoms with Crippen molar-refractivity contribution < 1.29 is 18.0 Å². The minimum absolute atomic E-state index is 0.0241. The lowest BCUT2D eigenvalue weighted by atomic mass is 10.1. The Bertz CT molecular complexity index is 531. The van der Waals surface area contributed by atoms with E-state index in [9.17, 15) is 18.0 Å². The molecule has 0 radical (unpaired) electrons. The molecule has 0 saturated carbocycles. The maximum absolute atomic E-state index is 12.4. The largest absolute Gasteiger partial charge is 0.416 e. The van der Waals surface area contributed by atoms with Crippen molar-refractivity contribution in [3.63, 3.8) is 0 Å². The van der Waals surface area contributed by atoms with Crippen molar-refractivity contribution in [2.75, 3.05) is 6.54 Å². The highest BCUT2D eigenvalue weighted by molar-refractivity contribution is 5.79. The lowest BCUT2D eigenvalue weighted by molar-refractivity contribution is -0.137. The Balaban J connectivity index is 2.04. The maximum Gasteiger partial charge on any atom is 0.416 e. The molecule has 106 valence electrons. The molecule has 0 bridgehead atoms. The monoisotopic (exact) mass is 282 g/mol. The smallest absolute Gasteiger partial charge is 0.326 e. The molecule has 1 saturated heterocycles. The zero-order chi connectivity index (χ0) is 14.8. The Kier molecular flexibility index (Phi) is 3.98. The fourth-order valence-corrected chi connectivity index (χ4v) is 2.29. The van der Waals surface area contributed by atoms with Crippen molar-refractivity contribution in [1.29, 1.82) is 5.26 Å². The van der Waals surface area contributed by atoms with Crippen LogP contribution < -0.4 is 0 Å². The van der Waals surface area contributed by atoms with Crippen LogP contribution in [0.15, 0.2) is 24.3 Å². The van der Waals surface area contributed by atoms with Crippen LogP contribution in [0.1, 0.15) is 24.0 Å². The van der Waals surface area contributed by atoms with Gasteiger partial charge >= 0.3 is 6.18 Å². The van der Waals surface area contributed by atoms with E-state index in [1.54, 1.807) is 0 Å². The fourth-order valence-electron chi connectivity index (χ4n) is 2.29. The van der Waals surface area contributed by atoms with Gasteiger partial charge in [-0.15, -0.1) is 0 Å². The third-order valence-electron chi connectivity index (χ3n) is 3.36. The Hall–Kier alpha value is -2.03. The van der Waals surface area contributed by atoms with Crippen LogP contribution in [0, 0.1) is 11.3 Å². The van der Waals surface area contributed by atoms with Crippen LogP contribution in [0.2, 0.25) is 0 Å². The topological polar surface area (TPSA) is 44.1 Å². The molecule has 1 aliphatic heterocycles. The normalized spacial score (nSPS) is 18.9. The molecular weight excluding hydrogens is 269 g/mol. The average Bonchev–Trinajstić information content (AvgIpc) is 2.86. The molecule has 1 aromatic rings. The third-order valence-corrected chi connectivity index (χ3v) is 3.36. The molecule has 3 nitrogen and oxygen atoms in total. The van der Waals surface area contributed by atoms with Crippen molar-refractivity contribution in [2.45, 2.75) is 31.5 Å². The quantitative estimate of drug-likeness (QED) is 0.837. The maximum atomic E-state index is 12.4. The Morgan fingerprint density at radius 3 is 2.55 bits per heavy atom. The molecule has 20 heavy (non-hydrogen) atoms. The highest BCUT2D eigenvalue weighted by Crippen LogP contribution is 2.29. The number of nitrogens with zero attached hydrogens (tertiary/aromatic N) is 2. The minimum Gasteiger partial charge on any atom is -0.326 e. The summed E-state index contributed by atoms with van der Waals surface area (Å²) in [4.78, 5) is 13.5. The molecule has 0 aliphatic carbocycles. The number of hydrogen-bond acceptors (Lipinski definition) is 2. The van der Waals surface area contributed by atoms with Crippen molar-refractivity contribution in [3.8, 4) is 6.07 Å². The number of carbonyl (C=O) groups excluding carboxylic acids is 1. The second-order valence-electron chi connectivity index (χ2n) is 4.75. The van der Waals surface area contributed by atoms with Gasteiger partial charge < -0.3 is 4.90 Å². The molecule has 6 heteroatoms. The van der Waals surface area contributed by atoms with Crippen molar-refractivity contribution in [1.82, 2.24) is 4.90 Å². The second kappa shape index (κ2) is 5.53. The van der Waals surface area contributed by atoms with E-state index in [-0.39, 0.29) is 12.3 Å². The lowest BCUT2D eigenvalue weighted by Crippen LogP contribution is -2.35. The predicted octanol–water partition coefficient (Wildman–Crippen LogP) is 2.76. The van der Waals surface area contributed by atoms with Gasteiger partial charge in [-0.05, 0) is 30.5 Å². The molecule has 0 spiro atoms. The van der Waals surface area contributed by atoms with Crippen LogP contribution in [-0.4, -0.2) is 23.4 Å². The third kappa shape index (κ3) is 3.10. The number of benzene rings is 1. The van der Waals surface area contributed by atoms with Gasteiger partial charge in [-0.1, -0.05) is 12.1 Å². The molecule has 1 atom stereocenters. The molecule has 0 N–H and O–H groups in total. The highest BCUT2D eigenvalue weighted by atomic mass is 19.4. The summed E-state index contributed by atoms with van der Waals surface area (Å²) in [6.45, 7) is 0.539. The molecule has 1 aromatic carbocycles. The van der Waals surface area contributed by atoms with Gasteiger partial charge in [0.1, 0.15) is 6.04 Å². The first-order valence-electron chi connectivity index (χ1n) is 6.27. The van der Waals surface area contributed by atoms with E-state index >= 15 is 0 Å². The van der Waals surface area contributed by atoms with Gasteiger partial charge in [-0.2, -0.15) is 18.4 Å². The van der Waals surface area contributed by atoms with E-state index < -0.39 is 17.8 Å². The number of halogens is 3. The van der Waals surface area contributed by atoms with Crippen LogP contribution in [-0.2, 0) is 17.4 Å². The van der Waals surface area contributed by atoms with Crippen LogP contribution in [0.25, 0.3) is 0 Å². The van der Waals surface area contributed by atoms with Gasteiger partial charge in [0.25, 0.3) is 0 Å². The summed E-state index contributed by atoms with van der Waals surface area (Å²) in [5.74, 6) is -0.214. The first kappa shape index (κ1) is 14.4. The number of hydrogen-bond donors (Lipinski definition) is 0. The van der Waals surface area contributed by atoms with Crippen LogP contribution in [0.3, 0.4) is 0 Å². The van der Waals surface area contributed by atoms with Crippen molar-refractivity contribution in [2.24, 2.45) is 0 Å². The number of amides is 1. The van der Waals surface area contributed by atoms with Gasteiger partial charge in [0.15, 0.2) is 0 Å². The molecule has 1 aliphatic rings. The number of nitriles is 1. The minimum atomic E-state index is -4.37. The summed E-state index contributed by atoms with van der Waals surface area (Å²) in [5, 5.41) is 8.91. The highest BCUT2D eigenvalue weighted by Gasteiger charge is 2.31. The molecule has 1 amide bonds. The van der Waals surface area contributed by atoms with Crippen LogP contribution in [0.4, 0.5) is 13.2 Å². The Morgan fingerprint density at radius 1 is 1.35 bits per heavy atom. The number of rotatable bonds is 2. The van der Waals surface area contributed by atoms with E-state index in [0.29, 0.717) is 18.5 Å². The summed E-state index contributed by atoms with van der Waals surface area (Å²) in [7, 11) is 0. The molecular formula is C14H13F3N2O. The van der Waals surface area contributed by atoms with Gasteiger partial charge in [0, 0.05) is 6.54 Å². The van der Waals surface area contributed by atoms with Crippen molar-refractivity contribution in [3.05, 3.63) is 35.4 Å². The SMILES string of the molecule is N#CC1CCCN1C(=O)Cc1ccc(C(F)(F)F)cc1. The van der Waals surface area contributed by atoms with Gasteiger partial charge in [-0.3, -0.25) is 4.79 Å². The Labute approximate surface area is 114 Å². The van der Waals surface area contributed by atoms with Crippen LogP contribution >= 0.6 is 0 Å². The fraction of sp³-hybridized carbons (Fsp3) is 0.429. The zero-order valence-electron chi connectivity index (χ0n) is 10.7. The summed E-state index contributed by atoms with van der Waals surface area (Å²) < 4.78 is 37.2. The van der Waals surface area contributed by atoms with Gasteiger partial charge in [0.05, 0.1) is 18.1 Å². The standard InChI is InChI=1S/C14H13F3N2O/c15-14(16,17)11-5-3-10(4-6-11)8-13(20)19-7-1-2-12(19)9-18/h3-6,12H,1-2,7-8H2. The van der Waals surface area contributed by atoms with E-state index in [2.05, 4.69) is 6.07 Å². The molecule has 1 heterocycles. The first-order chi connectivity index (χ1) is 9.41. The zero-order valence-corrected chi connectivity index (χ0v) is 10.7. The molecule has 1 fully saturated rings. The van der Waals surface area contributed by atoms with Gasteiger partial charge in [0.2, 0.25) is 5.91 Å². The molecule has 2 rings (SSSR count). The lowest BCUT2D eigenvalue weighted by Gasteiger charge is -2.19. The van der Waals surface area contributed by atoms with Gasteiger partial charge in [-0.25, -0.2) is 0 Å². The van der Waals surface area contributed by atoms with E-state index in [1.807, 2.05) is 0 Å². The molecule has 1 unspecified atom stereocenters. The second-order valence-corrected chi connectivity index (χ2v) is 4.75. The summed E-state index contributed by atoms with van der Waals surface area (Å²) >= 11 is 0. The number of likely N-dealkylation sites (tertiary alicyclic amines) is 1. The van der Waals surface area contributed by atoms with Crippen molar-refractivity contribution >= 4 is 5.91 Å².